The molecular formula is C31H28FN3O5S. The zero-order valence-electron chi connectivity index (χ0n) is 22.0. The Morgan fingerprint density at radius 1 is 0.854 bits per heavy atom. The van der Waals surface area contributed by atoms with Crippen LogP contribution in [0.25, 0.3) is 0 Å². The summed E-state index contributed by atoms with van der Waals surface area (Å²) >= 11 is 0. The molecule has 1 unspecified atom stereocenters. The Kier molecular flexibility index (Phi) is 8.42. The van der Waals surface area contributed by atoms with Crippen LogP contribution in [0.4, 0.5) is 10.1 Å². The summed E-state index contributed by atoms with van der Waals surface area (Å²) in [6.07, 6.45) is -1.01. The number of halogens is 1. The smallest absolute Gasteiger partial charge is 0.263 e. The van der Waals surface area contributed by atoms with Gasteiger partial charge in [0.05, 0.1) is 23.7 Å². The van der Waals surface area contributed by atoms with Gasteiger partial charge in [0.2, 0.25) is 15.9 Å². The maximum absolute atomic E-state index is 13.8. The molecule has 0 bridgehead atoms. The number of hydrogen-bond donors (Lipinski definition) is 1. The van der Waals surface area contributed by atoms with E-state index in [0.717, 1.165) is 22.0 Å². The van der Waals surface area contributed by atoms with Crippen molar-refractivity contribution in [2.24, 2.45) is 0 Å². The van der Waals surface area contributed by atoms with Gasteiger partial charge in [-0.25, -0.2) is 12.8 Å². The Bertz CT molecular complexity index is 1620. The Hall–Kier alpha value is -4.54. The van der Waals surface area contributed by atoms with Crippen molar-refractivity contribution >= 4 is 27.5 Å². The molecule has 0 radical (unpaired) electrons. The van der Waals surface area contributed by atoms with Crippen LogP contribution in [-0.2, 0) is 32.7 Å². The van der Waals surface area contributed by atoms with Crippen molar-refractivity contribution in [1.29, 1.82) is 0 Å². The van der Waals surface area contributed by atoms with Gasteiger partial charge in [-0.05, 0) is 47.5 Å². The van der Waals surface area contributed by atoms with Crippen LogP contribution in [-0.4, -0.2) is 43.7 Å². The summed E-state index contributed by atoms with van der Waals surface area (Å²) in [5, 5.41) is 2.84. The van der Waals surface area contributed by atoms with Gasteiger partial charge in [-0.2, -0.15) is 4.31 Å². The number of nitrogens with one attached hydrogen (secondary N) is 1. The predicted molar refractivity (Wildman–Crippen MR) is 152 cm³/mol. The van der Waals surface area contributed by atoms with E-state index < -0.39 is 40.3 Å². The molecule has 0 saturated heterocycles. The second kappa shape index (κ2) is 12.3. The molecule has 4 aromatic carbocycles. The normalized spacial score (nSPS) is 14.7. The van der Waals surface area contributed by atoms with Crippen LogP contribution >= 0.6 is 0 Å². The molecule has 10 heteroatoms. The topological polar surface area (TPSA) is 96.0 Å². The van der Waals surface area contributed by atoms with Crippen LogP contribution in [0.2, 0.25) is 0 Å². The summed E-state index contributed by atoms with van der Waals surface area (Å²) in [7, 11) is -4.19. The number of fused-ring (bicyclic) bond motifs is 1. The van der Waals surface area contributed by atoms with E-state index in [0.29, 0.717) is 17.0 Å². The summed E-state index contributed by atoms with van der Waals surface area (Å²) < 4.78 is 47.8. The quantitative estimate of drug-likeness (QED) is 0.325. The summed E-state index contributed by atoms with van der Waals surface area (Å²) in [4.78, 5) is 28.1. The average molecular weight is 574 g/mol. The lowest BCUT2D eigenvalue weighted by atomic mass is 10.1. The number of amides is 2. The van der Waals surface area contributed by atoms with Crippen LogP contribution in [0.3, 0.4) is 0 Å². The van der Waals surface area contributed by atoms with Crippen molar-refractivity contribution in [3.05, 3.63) is 126 Å². The second-order valence-corrected chi connectivity index (χ2v) is 11.4. The zero-order valence-corrected chi connectivity index (χ0v) is 22.8. The minimum atomic E-state index is -4.19. The number of nitrogens with zero attached hydrogens (tertiary/aromatic N) is 2. The predicted octanol–water partition coefficient (Wildman–Crippen LogP) is 4.13. The van der Waals surface area contributed by atoms with Gasteiger partial charge < -0.3 is 15.0 Å². The highest BCUT2D eigenvalue weighted by atomic mass is 32.2. The maximum atomic E-state index is 13.8. The fourth-order valence-corrected chi connectivity index (χ4v) is 5.89. The van der Waals surface area contributed by atoms with Crippen LogP contribution in [0, 0.1) is 5.82 Å². The minimum absolute atomic E-state index is 0.0841. The molecule has 5 rings (SSSR count). The first-order valence-corrected chi connectivity index (χ1v) is 14.4. The van der Waals surface area contributed by atoms with Gasteiger partial charge in [0.15, 0.2) is 6.10 Å². The number of carbonyl (C=O) groups is 2. The number of carbonyl (C=O) groups excluding carboxylic acids is 2. The molecular weight excluding hydrogens is 545 g/mol. The van der Waals surface area contributed by atoms with Crippen molar-refractivity contribution < 1.29 is 27.1 Å². The Morgan fingerprint density at radius 3 is 2.15 bits per heavy atom. The molecule has 0 spiro atoms. The van der Waals surface area contributed by atoms with E-state index in [9.17, 15) is 22.4 Å². The first-order valence-electron chi connectivity index (χ1n) is 13.0. The fraction of sp³-hybridized carbons (Fsp3) is 0.161. The first-order chi connectivity index (χ1) is 19.8. The van der Waals surface area contributed by atoms with Gasteiger partial charge in [-0.1, -0.05) is 72.8 Å². The number of ether oxygens (including phenoxy) is 1. The lowest BCUT2D eigenvalue weighted by Gasteiger charge is -2.35. The fourth-order valence-electron chi connectivity index (χ4n) is 4.51. The second-order valence-electron chi connectivity index (χ2n) is 9.49. The lowest BCUT2D eigenvalue weighted by Crippen LogP contribution is -2.52. The molecule has 1 aliphatic rings. The Morgan fingerprint density at radius 2 is 1.46 bits per heavy atom. The average Bonchev–Trinajstić information content (AvgIpc) is 3.00. The van der Waals surface area contributed by atoms with Crippen molar-refractivity contribution in [3.63, 3.8) is 0 Å². The minimum Gasteiger partial charge on any atom is -0.477 e. The number of rotatable bonds is 9. The molecule has 1 aliphatic heterocycles. The van der Waals surface area contributed by atoms with Crippen LogP contribution in [0.5, 0.6) is 5.75 Å². The van der Waals surface area contributed by atoms with Gasteiger partial charge in [-0.15, -0.1) is 0 Å². The molecule has 0 saturated carbocycles. The maximum Gasteiger partial charge on any atom is 0.263 e. The SMILES string of the molecule is O=C(NCc1ccccc1)C1CN(C(=O)CN(Cc2ccccc2)S(=O)(=O)c2ccc(F)cc2)c2ccccc2O1. The van der Waals surface area contributed by atoms with Crippen LogP contribution in [0.1, 0.15) is 11.1 Å². The number of anilines is 1. The number of benzene rings is 4. The third-order valence-corrected chi connectivity index (χ3v) is 8.45. The molecule has 0 fully saturated rings. The van der Waals surface area contributed by atoms with E-state index in [1.807, 2.05) is 30.3 Å². The molecule has 210 valence electrons. The molecule has 0 aliphatic carbocycles. The van der Waals surface area contributed by atoms with Crippen molar-refractivity contribution in [3.8, 4) is 5.75 Å². The van der Waals surface area contributed by atoms with E-state index in [4.69, 9.17) is 4.74 Å². The molecule has 1 heterocycles. The van der Waals surface area contributed by atoms with E-state index in [2.05, 4.69) is 5.32 Å². The lowest BCUT2D eigenvalue weighted by molar-refractivity contribution is -0.128. The van der Waals surface area contributed by atoms with E-state index in [1.165, 1.54) is 17.0 Å². The first kappa shape index (κ1) is 28.0. The molecule has 41 heavy (non-hydrogen) atoms. The van der Waals surface area contributed by atoms with Gasteiger partial charge in [-0.3, -0.25) is 9.59 Å². The van der Waals surface area contributed by atoms with E-state index >= 15 is 0 Å². The van der Waals surface area contributed by atoms with Crippen molar-refractivity contribution in [1.82, 2.24) is 9.62 Å². The summed E-state index contributed by atoms with van der Waals surface area (Å²) in [6.45, 7) is -0.414. The standard InChI is InChI=1S/C31H28FN3O5S/c32-25-15-17-26(18-16-25)41(38,39)34(20-24-11-5-2-6-12-24)22-30(36)35-21-29(40-28-14-8-7-13-27(28)35)31(37)33-19-23-9-3-1-4-10-23/h1-18,29H,19-22H2,(H,33,37). The molecule has 1 N–H and O–H groups in total. The highest BCUT2D eigenvalue weighted by Gasteiger charge is 2.36. The summed E-state index contributed by atoms with van der Waals surface area (Å²) in [5.74, 6) is -1.18. The summed E-state index contributed by atoms with van der Waals surface area (Å²) in [5.41, 5.74) is 2.02. The molecule has 0 aromatic heterocycles. The van der Waals surface area contributed by atoms with E-state index in [-0.39, 0.29) is 24.5 Å². The van der Waals surface area contributed by atoms with Gasteiger partial charge >= 0.3 is 0 Å². The van der Waals surface area contributed by atoms with Gasteiger partial charge in [0.25, 0.3) is 5.91 Å². The Labute approximate surface area is 238 Å². The van der Waals surface area contributed by atoms with Gasteiger partial charge in [0, 0.05) is 13.1 Å². The van der Waals surface area contributed by atoms with Crippen molar-refractivity contribution in [2.75, 3.05) is 18.0 Å². The summed E-state index contributed by atoms with van der Waals surface area (Å²) in [6, 6.07) is 29.5. The monoisotopic (exact) mass is 573 g/mol. The van der Waals surface area contributed by atoms with Crippen LogP contribution < -0.4 is 15.0 Å². The van der Waals surface area contributed by atoms with Crippen molar-refractivity contribution in [2.45, 2.75) is 24.1 Å². The molecule has 1 atom stereocenters. The van der Waals surface area contributed by atoms with E-state index in [1.54, 1.807) is 54.6 Å². The highest BCUT2D eigenvalue weighted by Crippen LogP contribution is 2.33. The number of para-hydroxylation sites is 2. The number of hydrogen-bond acceptors (Lipinski definition) is 5. The Balaban J connectivity index is 1.40. The highest BCUT2D eigenvalue weighted by molar-refractivity contribution is 7.89. The molecule has 2 amide bonds. The van der Waals surface area contributed by atoms with Crippen LogP contribution in [0.15, 0.2) is 114 Å². The zero-order chi connectivity index (χ0) is 28.8. The third kappa shape index (κ3) is 6.62. The van der Waals surface area contributed by atoms with Gasteiger partial charge in [0.1, 0.15) is 11.6 Å². The molecule has 4 aromatic rings. The third-order valence-electron chi connectivity index (χ3n) is 6.64. The largest absolute Gasteiger partial charge is 0.477 e. The molecule has 8 nitrogen and oxygen atoms in total. The number of sulfonamides is 1.